The lowest BCUT2D eigenvalue weighted by molar-refractivity contribution is 0.285. The third-order valence-electron chi connectivity index (χ3n) is 2.56. The molecule has 6 heteroatoms. The molecule has 0 saturated carbocycles. The molecule has 1 aromatic carbocycles. The van der Waals surface area contributed by atoms with E-state index in [1.165, 1.54) is 10.6 Å². The van der Waals surface area contributed by atoms with Gasteiger partial charge in [-0.1, -0.05) is 0 Å². The molecule has 0 aliphatic rings. The Morgan fingerprint density at radius 2 is 1.84 bits per heavy atom. The number of halogens is 2. The average Bonchev–Trinajstić information content (AvgIpc) is 2.30. The summed E-state index contributed by atoms with van der Waals surface area (Å²) in [6.45, 7) is 1.64. The molecule has 0 N–H and O–H groups in total. The van der Waals surface area contributed by atoms with Crippen molar-refractivity contribution >= 4 is 0 Å². The zero-order valence-corrected chi connectivity index (χ0v) is 10.5. The van der Waals surface area contributed by atoms with Gasteiger partial charge in [0, 0.05) is 37.0 Å². The molecule has 0 unspecified atom stereocenters. The van der Waals surface area contributed by atoms with E-state index in [2.05, 4.69) is 4.98 Å². The quantitative estimate of drug-likeness (QED) is 0.852. The van der Waals surface area contributed by atoms with E-state index in [-0.39, 0.29) is 17.9 Å². The Morgan fingerprint density at radius 1 is 1.21 bits per heavy atom. The van der Waals surface area contributed by atoms with Gasteiger partial charge in [0.05, 0.1) is 0 Å². The first kappa shape index (κ1) is 13.2. The summed E-state index contributed by atoms with van der Waals surface area (Å²) in [5, 5.41) is 0. The number of aryl methyl sites for hydroxylation is 1. The number of benzene rings is 1. The first-order valence-corrected chi connectivity index (χ1v) is 5.58. The Balaban J connectivity index is 2.21. The summed E-state index contributed by atoms with van der Waals surface area (Å²) in [7, 11) is 1.56. The second kappa shape index (κ2) is 5.17. The van der Waals surface area contributed by atoms with E-state index in [0.29, 0.717) is 11.5 Å². The van der Waals surface area contributed by atoms with Crippen LogP contribution in [0.5, 0.6) is 5.75 Å². The van der Waals surface area contributed by atoms with Crippen molar-refractivity contribution in [1.29, 1.82) is 0 Å². The summed E-state index contributed by atoms with van der Waals surface area (Å²) in [5.41, 5.74) is 0.351. The van der Waals surface area contributed by atoms with E-state index < -0.39 is 11.6 Å². The third kappa shape index (κ3) is 3.15. The molecular weight excluding hydrogens is 254 g/mol. The number of hydrogen-bond acceptors (Lipinski definition) is 3. The highest BCUT2D eigenvalue weighted by atomic mass is 19.1. The van der Waals surface area contributed by atoms with Crippen LogP contribution in [0.2, 0.25) is 0 Å². The summed E-state index contributed by atoms with van der Waals surface area (Å²) >= 11 is 0. The van der Waals surface area contributed by atoms with Gasteiger partial charge in [0.15, 0.2) is 0 Å². The van der Waals surface area contributed by atoms with Crippen molar-refractivity contribution in [2.45, 2.75) is 13.5 Å². The normalized spacial score (nSPS) is 10.5. The molecule has 100 valence electrons. The Kier molecular flexibility index (Phi) is 3.59. The molecule has 0 fully saturated rings. The van der Waals surface area contributed by atoms with Crippen molar-refractivity contribution in [1.82, 2.24) is 9.55 Å². The molecule has 0 bridgehead atoms. The van der Waals surface area contributed by atoms with E-state index in [1.54, 1.807) is 14.0 Å². The fourth-order valence-corrected chi connectivity index (χ4v) is 1.60. The number of aromatic nitrogens is 2. The fourth-order valence-electron chi connectivity index (χ4n) is 1.60. The molecule has 0 spiro atoms. The molecule has 19 heavy (non-hydrogen) atoms. The van der Waals surface area contributed by atoms with E-state index in [1.807, 2.05) is 0 Å². The van der Waals surface area contributed by atoms with Crippen LogP contribution in [0.25, 0.3) is 0 Å². The SMILES string of the molecule is Cc1cc(=O)n(C)c(COc2cc(F)cc(F)c2)n1. The van der Waals surface area contributed by atoms with Crippen LogP contribution in [0.4, 0.5) is 8.78 Å². The van der Waals surface area contributed by atoms with Gasteiger partial charge in [-0.15, -0.1) is 0 Å². The second-order valence-corrected chi connectivity index (χ2v) is 4.10. The Hall–Kier alpha value is -2.24. The summed E-state index contributed by atoms with van der Waals surface area (Å²) in [6, 6.07) is 4.28. The number of hydrogen-bond donors (Lipinski definition) is 0. The molecule has 0 aliphatic carbocycles. The summed E-state index contributed by atoms with van der Waals surface area (Å²) in [4.78, 5) is 15.7. The van der Waals surface area contributed by atoms with Gasteiger partial charge in [-0.2, -0.15) is 0 Å². The summed E-state index contributed by atoms with van der Waals surface area (Å²) in [5.74, 6) is -1.01. The van der Waals surface area contributed by atoms with Crippen molar-refractivity contribution in [3.05, 3.63) is 57.8 Å². The molecule has 0 amide bonds. The highest BCUT2D eigenvalue weighted by molar-refractivity contribution is 5.23. The van der Waals surface area contributed by atoms with Crippen LogP contribution < -0.4 is 10.3 Å². The number of nitrogens with zero attached hydrogens (tertiary/aromatic N) is 2. The van der Waals surface area contributed by atoms with Crippen molar-refractivity contribution in [2.75, 3.05) is 0 Å². The predicted molar refractivity (Wildman–Crippen MR) is 64.9 cm³/mol. The lowest BCUT2D eigenvalue weighted by atomic mass is 10.3. The zero-order chi connectivity index (χ0) is 14.0. The van der Waals surface area contributed by atoms with Gasteiger partial charge in [0.2, 0.25) is 0 Å². The topological polar surface area (TPSA) is 44.1 Å². The summed E-state index contributed by atoms with van der Waals surface area (Å²) in [6.07, 6.45) is 0. The number of ether oxygens (including phenoxy) is 1. The molecule has 2 rings (SSSR count). The predicted octanol–water partition coefficient (Wildman–Crippen LogP) is 1.95. The lowest BCUT2D eigenvalue weighted by Gasteiger charge is -2.10. The highest BCUT2D eigenvalue weighted by Crippen LogP contribution is 2.16. The fraction of sp³-hybridized carbons (Fsp3) is 0.231. The van der Waals surface area contributed by atoms with Gasteiger partial charge >= 0.3 is 0 Å². The summed E-state index contributed by atoms with van der Waals surface area (Å²) < 4.78 is 32.5. The monoisotopic (exact) mass is 266 g/mol. The maximum atomic E-state index is 13.0. The minimum atomic E-state index is -0.721. The van der Waals surface area contributed by atoms with E-state index >= 15 is 0 Å². The molecule has 0 aliphatic heterocycles. The molecule has 1 aromatic heterocycles. The molecule has 1 heterocycles. The van der Waals surface area contributed by atoms with Crippen LogP contribution in [0.1, 0.15) is 11.5 Å². The van der Waals surface area contributed by atoms with Crippen LogP contribution in [0.3, 0.4) is 0 Å². The smallest absolute Gasteiger partial charge is 0.253 e. The van der Waals surface area contributed by atoms with E-state index in [4.69, 9.17) is 4.74 Å². The second-order valence-electron chi connectivity index (χ2n) is 4.10. The average molecular weight is 266 g/mol. The molecule has 0 atom stereocenters. The largest absolute Gasteiger partial charge is 0.485 e. The maximum absolute atomic E-state index is 13.0. The van der Waals surface area contributed by atoms with Crippen molar-refractivity contribution in [2.24, 2.45) is 7.05 Å². The van der Waals surface area contributed by atoms with Gasteiger partial charge in [-0.3, -0.25) is 9.36 Å². The molecule has 2 aromatic rings. The van der Waals surface area contributed by atoms with Gasteiger partial charge in [0.25, 0.3) is 5.56 Å². The minimum Gasteiger partial charge on any atom is -0.485 e. The first-order valence-electron chi connectivity index (χ1n) is 5.58. The van der Waals surface area contributed by atoms with Crippen LogP contribution >= 0.6 is 0 Å². The molecular formula is C13H12F2N2O2. The van der Waals surface area contributed by atoms with Crippen LogP contribution in [0.15, 0.2) is 29.1 Å². The molecule has 4 nitrogen and oxygen atoms in total. The van der Waals surface area contributed by atoms with Crippen molar-refractivity contribution in [3.8, 4) is 5.75 Å². The Labute approximate surface area is 108 Å². The zero-order valence-electron chi connectivity index (χ0n) is 10.5. The van der Waals surface area contributed by atoms with Crippen LogP contribution in [-0.2, 0) is 13.7 Å². The lowest BCUT2D eigenvalue weighted by Crippen LogP contribution is -2.23. The number of rotatable bonds is 3. The van der Waals surface area contributed by atoms with Crippen LogP contribution in [0, 0.1) is 18.6 Å². The Morgan fingerprint density at radius 3 is 2.47 bits per heavy atom. The van der Waals surface area contributed by atoms with Gasteiger partial charge < -0.3 is 4.74 Å². The van der Waals surface area contributed by atoms with Crippen molar-refractivity contribution < 1.29 is 13.5 Å². The van der Waals surface area contributed by atoms with E-state index in [0.717, 1.165) is 18.2 Å². The van der Waals surface area contributed by atoms with E-state index in [9.17, 15) is 13.6 Å². The standard InChI is InChI=1S/C13H12F2N2O2/c1-8-3-13(18)17(2)12(16-8)7-19-11-5-9(14)4-10(15)6-11/h3-6H,7H2,1-2H3. The Bertz CT molecular complexity index is 648. The van der Waals surface area contributed by atoms with Crippen molar-refractivity contribution in [3.63, 3.8) is 0 Å². The maximum Gasteiger partial charge on any atom is 0.253 e. The highest BCUT2D eigenvalue weighted by Gasteiger charge is 2.06. The van der Waals surface area contributed by atoms with Gasteiger partial charge in [0.1, 0.15) is 29.8 Å². The molecule has 0 radical (unpaired) electrons. The first-order chi connectivity index (χ1) is 8.95. The minimum absolute atomic E-state index is 0.0453. The van der Waals surface area contributed by atoms with Gasteiger partial charge in [-0.25, -0.2) is 13.8 Å². The molecule has 0 saturated heterocycles. The third-order valence-corrected chi connectivity index (χ3v) is 2.56. The van der Waals surface area contributed by atoms with Crippen LogP contribution in [-0.4, -0.2) is 9.55 Å². The van der Waals surface area contributed by atoms with Gasteiger partial charge in [-0.05, 0) is 6.92 Å².